The van der Waals surface area contributed by atoms with Crippen molar-refractivity contribution in [2.75, 3.05) is 0 Å². The summed E-state index contributed by atoms with van der Waals surface area (Å²) < 4.78 is 0. The quantitative estimate of drug-likeness (QED) is 0.717. The highest BCUT2D eigenvalue weighted by Crippen LogP contribution is 2.40. The Balaban J connectivity index is 2.28. The smallest absolute Gasteiger partial charge is 0.126 e. The summed E-state index contributed by atoms with van der Waals surface area (Å²) in [4.78, 5) is 7.48. The number of nitrogens with two attached hydrogens (primary N) is 1. The van der Waals surface area contributed by atoms with Crippen molar-refractivity contribution < 1.29 is 0 Å². The van der Waals surface area contributed by atoms with Crippen LogP contribution in [0.15, 0.2) is 12.4 Å². The fourth-order valence-electron chi connectivity index (χ4n) is 2.52. The number of aromatic nitrogens is 2. The van der Waals surface area contributed by atoms with E-state index in [1.807, 2.05) is 6.20 Å². The molecule has 1 heterocycles. The molecule has 78 valence electrons. The highest BCUT2D eigenvalue weighted by atomic mass is 15.0. The van der Waals surface area contributed by atoms with Crippen molar-refractivity contribution in [3.8, 4) is 0 Å². The van der Waals surface area contributed by atoms with Gasteiger partial charge in [0.05, 0.1) is 5.54 Å². The van der Waals surface area contributed by atoms with E-state index >= 15 is 0 Å². The number of nitrogens with zero attached hydrogens (tertiary/aromatic N) is 1. The van der Waals surface area contributed by atoms with Crippen molar-refractivity contribution in [3.63, 3.8) is 0 Å². The van der Waals surface area contributed by atoms with Gasteiger partial charge >= 0.3 is 0 Å². The zero-order valence-corrected chi connectivity index (χ0v) is 8.96. The zero-order valence-electron chi connectivity index (χ0n) is 8.96. The van der Waals surface area contributed by atoms with Gasteiger partial charge in [0.25, 0.3) is 0 Å². The summed E-state index contributed by atoms with van der Waals surface area (Å²) >= 11 is 0. The van der Waals surface area contributed by atoms with Gasteiger partial charge in [0.2, 0.25) is 0 Å². The minimum absolute atomic E-state index is 0.235. The average molecular weight is 193 g/mol. The molecule has 0 unspecified atom stereocenters. The van der Waals surface area contributed by atoms with Crippen molar-refractivity contribution in [3.05, 3.63) is 18.2 Å². The standard InChI is InChI=1S/C11H19N3/c1-8-3-4-9(2)11(12,7-8)10-13-5-6-14-10/h5-6,8-9H,3-4,7,12H2,1-2H3,(H,13,14)/t8-,9-,11-/m1/s1. The van der Waals surface area contributed by atoms with Gasteiger partial charge in [-0.15, -0.1) is 0 Å². The maximum atomic E-state index is 6.46. The van der Waals surface area contributed by atoms with Crippen LogP contribution in [0, 0.1) is 11.8 Å². The molecular weight excluding hydrogens is 174 g/mol. The molecule has 0 aliphatic heterocycles. The molecule has 0 aromatic carbocycles. The molecule has 0 spiro atoms. The molecule has 0 radical (unpaired) electrons. The Morgan fingerprint density at radius 1 is 1.50 bits per heavy atom. The van der Waals surface area contributed by atoms with E-state index in [-0.39, 0.29) is 5.54 Å². The maximum absolute atomic E-state index is 6.46. The number of imidazole rings is 1. The Morgan fingerprint density at radius 2 is 2.29 bits per heavy atom. The molecular formula is C11H19N3. The molecule has 1 fully saturated rings. The summed E-state index contributed by atoms with van der Waals surface area (Å²) in [7, 11) is 0. The third-order valence-electron chi connectivity index (χ3n) is 3.60. The van der Waals surface area contributed by atoms with Crippen LogP contribution in [-0.2, 0) is 5.54 Å². The van der Waals surface area contributed by atoms with E-state index in [0.29, 0.717) is 11.8 Å². The maximum Gasteiger partial charge on any atom is 0.126 e. The van der Waals surface area contributed by atoms with E-state index in [1.165, 1.54) is 12.8 Å². The molecule has 0 saturated heterocycles. The number of aromatic amines is 1. The molecule has 1 aromatic rings. The van der Waals surface area contributed by atoms with Crippen LogP contribution in [0.5, 0.6) is 0 Å². The van der Waals surface area contributed by atoms with Gasteiger partial charge in [-0.2, -0.15) is 0 Å². The van der Waals surface area contributed by atoms with Crippen molar-refractivity contribution in [2.24, 2.45) is 17.6 Å². The Morgan fingerprint density at radius 3 is 2.93 bits per heavy atom. The summed E-state index contributed by atoms with van der Waals surface area (Å²) in [6.45, 7) is 4.50. The van der Waals surface area contributed by atoms with Crippen molar-refractivity contribution in [2.45, 2.75) is 38.6 Å². The summed E-state index contributed by atoms with van der Waals surface area (Å²) in [5.74, 6) is 2.18. The topological polar surface area (TPSA) is 54.7 Å². The van der Waals surface area contributed by atoms with Gasteiger partial charge in [-0.25, -0.2) is 4.98 Å². The monoisotopic (exact) mass is 193 g/mol. The van der Waals surface area contributed by atoms with Crippen LogP contribution >= 0.6 is 0 Å². The Kier molecular flexibility index (Phi) is 2.35. The summed E-state index contributed by atoms with van der Waals surface area (Å²) in [6.07, 6.45) is 7.19. The number of rotatable bonds is 1. The zero-order chi connectivity index (χ0) is 10.2. The summed E-state index contributed by atoms with van der Waals surface area (Å²) in [6, 6.07) is 0. The van der Waals surface area contributed by atoms with Crippen LogP contribution in [0.4, 0.5) is 0 Å². The van der Waals surface area contributed by atoms with Crippen molar-refractivity contribution in [1.29, 1.82) is 0 Å². The average Bonchev–Trinajstić information content (AvgIpc) is 2.65. The van der Waals surface area contributed by atoms with E-state index < -0.39 is 0 Å². The van der Waals surface area contributed by atoms with E-state index in [0.717, 1.165) is 12.2 Å². The molecule has 1 aliphatic carbocycles. The van der Waals surface area contributed by atoms with Crippen molar-refractivity contribution in [1.82, 2.24) is 9.97 Å². The Bertz CT molecular complexity index is 293. The first kappa shape index (κ1) is 9.71. The van der Waals surface area contributed by atoms with Crippen molar-refractivity contribution >= 4 is 0 Å². The molecule has 3 nitrogen and oxygen atoms in total. The SMILES string of the molecule is C[C@@H]1CC[C@@H](C)[C@@](N)(c2ncc[nH]2)C1. The minimum atomic E-state index is -0.235. The predicted octanol–water partition coefficient (Wildman–Crippen LogP) is 2.02. The van der Waals surface area contributed by atoms with Gasteiger partial charge < -0.3 is 10.7 Å². The molecule has 3 N–H and O–H groups in total. The lowest BCUT2D eigenvalue weighted by Gasteiger charge is -2.40. The number of hydrogen-bond donors (Lipinski definition) is 2. The van der Waals surface area contributed by atoms with Gasteiger partial charge in [0.1, 0.15) is 5.82 Å². The number of nitrogens with one attached hydrogen (secondary N) is 1. The second-order valence-corrected chi connectivity index (χ2v) is 4.77. The molecule has 3 atom stereocenters. The third kappa shape index (κ3) is 1.46. The Hall–Kier alpha value is -0.830. The largest absolute Gasteiger partial charge is 0.347 e. The van der Waals surface area contributed by atoms with Crippen LogP contribution < -0.4 is 5.73 Å². The van der Waals surface area contributed by atoms with E-state index in [2.05, 4.69) is 23.8 Å². The second-order valence-electron chi connectivity index (χ2n) is 4.77. The third-order valence-corrected chi connectivity index (χ3v) is 3.60. The van der Waals surface area contributed by atoms with Crippen LogP contribution in [-0.4, -0.2) is 9.97 Å². The Labute approximate surface area is 85.1 Å². The molecule has 0 amide bonds. The summed E-state index contributed by atoms with van der Waals surface area (Å²) in [5, 5.41) is 0. The van der Waals surface area contributed by atoms with Crippen LogP contribution in [0.25, 0.3) is 0 Å². The summed E-state index contributed by atoms with van der Waals surface area (Å²) in [5.41, 5.74) is 6.23. The first-order valence-electron chi connectivity index (χ1n) is 5.41. The number of hydrogen-bond acceptors (Lipinski definition) is 2. The van der Waals surface area contributed by atoms with Crippen LogP contribution in [0.3, 0.4) is 0 Å². The first-order chi connectivity index (χ1) is 6.63. The number of H-pyrrole nitrogens is 1. The molecule has 14 heavy (non-hydrogen) atoms. The molecule has 1 aromatic heterocycles. The fourth-order valence-corrected chi connectivity index (χ4v) is 2.52. The van der Waals surface area contributed by atoms with Gasteiger partial charge in [-0.1, -0.05) is 20.3 Å². The second kappa shape index (κ2) is 3.39. The van der Waals surface area contributed by atoms with Gasteiger partial charge in [-0.3, -0.25) is 0 Å². The van der Waals surface area contributed by atoms with Gasteiger partial charge in [0, 0.05) is 12.4 Å². The van der Waals surface area contributed by atoms with E-state index in [4.69, 9.17) is 5.73 Å². The fraction of sp³-hybridized carbons (Fsp3) is 0.727. The predicted molar refractivity (Wildman–Crippen MR) is 56.6 cm³/mol. The molecule has 1 saturated carbocycles. The molecule has 1 aliphatic rings. The van der Waals surface area contributed by atoms with Gasteiger partial charge in [-0.05, 0) is 24.7 Å². The lowest BCUT2D eigenvalue weighted by atomic mass is 9.70. The highest BCUT2D eigenvalue weighted by molar-refractivity contribution is 5.09. The van der Waals surface area contributed by atoms with Crippen LogP contribution in [0.2, 0.25) is 0 Å². The van der Waals surface area contributed by atoms with E-state index in [1.54, 1.807) is 6.20 Å². The lowest BCUT2D eigenvalue weighted by Crippen LogP contribution is -2.48. The van der Waals surface area contributed by atoms with Gasteiger partial charge in [0.15, 0.2) is 0 Å². The first-order valence-corrected chi connectivity index (χ1v) is 5.41. The molecule has 0 bridgehead atoms. The lowest BCUT2D eigenvalue weighted by molar-refractivity contribution is 0.153. The van der Waals surface area contributed by atoms with E-state index in [9.17, 15) is 0 Å². The minimum Gasteiger partial charge on any atom is -0.347 e. The molecule has 2 rings (SSSR count). The molecule has 3 heteroatoms. The highest BCUT2D eigenvalue weighted by Gasteiger charge is 2.40. The normalized spacial score (nSPS) is 38.5. The van der Waals surface area contributed by atoms with Crippen LogP contribution in [0.1, 0.15) is 38.9 Å².